The second-order valence-electron chi connectivity index (χ2n) is 3.54. The summed E-state index contributed by atoms with van der Waals surface area (Å²) < 4.78 is 9.86. The molecule has 1 aromatic heterocycles. The van der Waals surface area contributed by atoms with E-state index in [-0.39, 0.29) is 11.9 Å². The van der Waals surface area contributed by atoms with Crippen molar-refractivity contribution in [3.63, 3.8) is 0 Å². The topological polar surface area (TPSA) is 48.4 Å². The van der Waals surface area contributed by atoms with Gasteiger partial charge in [-0.25, -0.2) is 4.98 Å². The maximum atomic E-state index is 11.3. The van der Waals surface area contributed by atoms with Crippen LogP contribution in [0.4, 0.5) is 0 Å². The molecule has 1 atom stereocenters. The van der Waals surface area contributed by atoms with Crippen LogP contribution in [0.1, 0.15) is 31.7 Å². The van der Waals surface area contributed by atoms with Crippen molar-refractivity contribution in [2.75, 3.05) is 13.7 Å². The van der Waals surface area contributed by atoms with Gasteiger partial charge in [-0.2, -0.15) is 0 Å². The van der Waals surface area contributed by atoms with Crippen molar-refractivity contribution >= 4 is 5.97 Å². The fraction of sp³-hybridized carbons (Fsp3) is 0.500. The fourth-order valence-electron chi connectivity index (χ4n) is 1.39. The van der Waals surface area contributed by atoms with Crippen molar-refractivity contribution in [3.8, 4) is 5.88 Å². The van der Waals surface area contributed by atoms with E-state index in [4.69, 9.17) is 9.47 Å². The molecule has 16 heavy (non-hydrogen) atoms. The lowest BCUT2D eigenvalue weighted by atomic mass is 10.00. The number of carbonyl (C=O) groups excluding carboxylic acids is 1. The summed E-state index contributed by atoms with van der Waals surface area (Å²) in [5.41, 5.74) is 1.01. The molecule has 0 aliphatic carbocycles. The molecule has 0 aliphatic rings. The average Bonchev–Trinajstić information content (AvgIpc) is 2.29. The molecular weight excluding hydrogens is 206 g/mol. The molecule has 0 N–H and O–H groups in total. The Hall–Kier alpha value is -1.58. The molecule has 0 fully saturated rings. The minimum atomic E-state index is -0.175. The van der Waals surface area contributed by atoms with Crippen LogP contribution in [-0.4, -0.2) is 24.7 Å². The molecule has 0 unspecified atom stereocenters. The lowest BCUT2D eigenvalue weighted by Crippen LogP contribution is -2.08. The number of hydrogen-bond acceptors (Lipinski definition) is 4. The van der Waals surface area contributed by atoms with E-state index in [1.165, 1.54) is 0 Å². The van der Waals surface area contributed by atoms with Crippen LogP contribution in [-0.2, 0) is 9.53 Å². The second-order valence-corrected chi connectivity index (χ2v) is 3.54. The summed E-state index contributed by atoms with van der Waals surface area (Å²) in [7, 11) is 1.57. The third-order valence-electron chi connectivity index (χ3n) is 2.32. The van der Waals surface area contributed by atoms with Gasteiger partial charge in [0.15, 0.2) is 0 Å². The molecule has 88 valence electrons. The van der Waals surface area contributed by atoms with Crippen molar-refractivity contribution in [2.45, 2.75) is 26.2 Å². The van der Waals surface area contributed by atoms with Crippen LogP contribution < -0.4 is 4.74 Å². The average molecular weight is 223 g/mol. The lowest BCUT2D eigenvalue weighted by Gasteiger charge is -2.10. The number of esters is 1. The highest BCUT2D eigenvalue weighted by atomic mass is 16.5. The predicted octanol–water partition coefficient (Wildman–Crippen LogP) is 2.15. The van der Waals surface area contributed by atoms with E-state index in [0.29, 0.717) is 18.9 Å². The first-order valence-corrected chi connectivity index (χ1v) is 5.33. The van der Waals surface area contributed by atoms with Gasteiger partial charge in [-0.3, -0.25) is 4.79 Å². The highest BCUT2D eigenvalue weighted by Gasteiger charge is 2.12. The Morgan fingerprint density at radius 3 is 2.75 bits per heavy atom. The number of methoxy groups -OCH3 is 1. The van der Waals surface area contributed by atoms with Crippen LogP contribution in [0.5, 0.6) is 5.88 Å². The zero-order valence-electron chi connectivity index (χ0n) is 9.90. The molecule has 4 nitrogen and oxygen atoms in total. The van der Waals surface area contributed by atoms with E-state index < -0.39 is 0 Å². The number of nitrogens with zero attached hydrogens (tertiary/aromatic N) is 1. The molecule has 0 saturated carbocycles. The third kappa shape index (κ3) is 3.53. The largest absolute Gasteiger partial charge is 0.481 e. The first-order chi connectivity index (χ1) is 7.67. The Bertz CT molecular complexity index is 335. The Morgan fingerprint density at radius 1 is 1.50 bits per heavy atom. The molecule has 1 heterocycles. The Labute approximate surface area is 95.6 Å². The molecule has 0 aromatic carbocycles. The highest BCUT2D eigenvalue weighted by molar-refractivity contribution is 5.70. The zero-order chi connectivity index (χ0) is 12.0. The summed E-state index contributed by atoms with van der Waals surface area (Å²) in [6.45, 7) is 4.20. The van der Waals surface area contributed by atoms with Gasteiger partial charge < -0.3 is 9.47 Å². The number of rotatable bonds is 5. The van der Waals surface area contributed by atoms with Crippen LogP contribution in [0.25, 0.3) is 0 Å². The molecular formula is C12H17NO3. The summed E-state index contributed by atoms with van der Waals surface area (Å²) >= 11 is 0. The van der Waals surface area contributed by atoms with Crippen LogP contribution in [0.15, 0.2) is 18.3 Å². The number of ether oxygens (including phenoxy) is 2. The molecule has 1 rings (SSSR count). The van der Waals surface area contributed by atoms with Crippen molar-refractivity contribution in [1.82, 2.24) is 4.98 Å². The van der Waals surface area contributed by atoms with E-state index in [2.05, 4.69) is 4.98 Å². The summed E-state index contributed by atoms with van der Waals surface area (Å²) in [6, 6.07) is 3.70. The Morgan fingerprint density at radius 2 is 2.25 bits per heavy atom. The fourth-order valence-corrected chi connectivity index (χ4v) is 1.39. The van der Waals surface area contributed by atoms with Gasteiger partial charge in [0.05, 0.1) is 20.1 Å². The molecule has 0 spiro atoms. The number of carbonyl (C=O) groups is 1. The highest BCUT2D eigenvalue weighted by Crippen LogP contribution is 2.20. The molecule has 1 aromatic rings. The smallest absolute Gasteiger partial charge is 0.306 e. The maximum absolute atomic E-state index is 11.3. The molecule has 0 bridgehead atoms. The molecule has 0 saturated heterocycles. The molecule has 0 amide bonds. The lowest BCUT2D eigenvalue weighted by molar-refractivity contribution is -0.143. The van der Waals surface area contributed by atoms with Crippen molar-refractivity contribution in [1.29, 1.82) is 0 Å². The third-order valence-corrected chi connectivity index (χ3v) is 2.32. The van der Waals surface area contributed by atoms with Gasteiger partial charge in [0.2, 0.25) is 5.88 Å². The number of hydrogen-bond donors (Lipinski definition) is 0. The van der Waals surface area contributed by atoms with Crippen molar-refractivity contribution < 1.29 is 14.3 Å². The Kier molecular flexibility index (Phi) is 4.76. The normalized spacial score (nSPS) is 11.9. The molecule has 0 radical (unpaired) electrons. The number of pyridine rings is 1. The van der Waals surface area contributed by atoms with Crippen LogP contribution in [0, 0.1) is 0 Å². The Balaban J connectivity index is 2.58. The van der Waals surface area contributed by atoms with Gasteiger partial charge in [0.25, 0.3) is 0 Å². The first-order valence-electron chi connectivity index (χ1n) is 5.33. The van der Waals surface area contributed by atoms with Gasteiger partial charge in [-0.15, -0.1) is 0 Å². The SMILES string of the molecule is CCOC(=O)C[C@H](C)c1ccc(OC)nc1. The second kappa shape index (κ2) is 6.10. The van der Waals surface area contributed by atoms with Gasteiger partial charge in [0, 0.05) is 12.3 Å². The summed E-state index contributed by atoms with van der Waals surface area (Å²) in [6.07, 6.45) is 2.10. The van der Waals surface area contributed by atoms with Gasteiger partial charge in [-0.05, 0) is 18.4 Å². The van der Waals surface area contributed by atoms with Crippen LogP contribution in [0.2, 0.25) is 0 Å². The maximum Gasteiger partial charge on any atom is 0.306 e. The summed E-state index contributed by atoms with van der Waals surface area (Å²) in [5, 5.41) is 0. The van der Waals surface area contributed by atoms with Crippen molar-refractivity contribution in [3.05, 3.63) is 23.9 Å². The standard InChI is InChI=1S/C12H17NO3/c1-4-16-12(14)7-9(2)10-5-6-11(15-3)13-8-10/h5-6,8-9H,4,7H2,1-3H3/t9-/m0/s1. The van der Waals surface area contributed by atoms with E-state index in [1.54, 1.807) is 26.3 Å². The van der Waals surface area contributed by atoms with E-state index in [9.17, 15) is 4.79 Å². The molecule has 4 heteroatoms. The van der Waals surface area contributed by atoms with E-state index in [0.717, 1.165) is 5.56 Å². The van der Waals surface area contributed by atoms with Gasteiger partial charge in [-0.1, -0.05) is 13.0 Å². The summed E-state index contributed by atoms with van der Waals surface area (Å²) in [4.78, 5) is 15.4. The van der Waals surface area contributed by atoms with Crippen LogP contribution in [0.3, 0.4) is 0 Å². The van der Waals surface area contributed by atoms with E-state index >= 15 is 0 Å². The quantitative estimate of drug-likeness (QED) is 0.717. The first kappa shape index (κ1) is 12.5. The van der Waals surface area contributed by atoms with E-state index in [1.807, 2.05) is 13.0 Å². The monoisotopic (exact) mass is 223 g/mol. The molecule has 0 aliphatic heterocycles. The van der Waals surface area contributed by atoms with Crippen LogP contribution >= 0.6 is 0 Å². The van der Waals surface area contributed by atoms with Gasteiger partial charge >= 0.3 is 5.97 Å². The number of aromatic nitrogens is 1. The van der Waals surface area contributed by atoms with Crippen molar-refractivity contribution in [2.24, 2.45) is 0 Å². The minimum absolute atomic E-state index is 0.109. The minimum Gasteiger partial charge on any atom is -0.481 e. The zero-order valence-corrected chi connectivity index (χ0v) is 9.90. The van der Waals surface area contributed by atoms with Gasteiger partial charge in [0.1, 0.15) is 0 Å². The predicted molar refractivity (Wildman–Crippen MR) is 60.5 cm³/mol. The summed E-state index contributed by atoms with van der Waals surface area (Å²) in [5.74, 6) is 0.510.